The first kappa shape index (κ1) is 16.1. The molecule has 0 N–H and O–H groups in total. The Morgan fingerprint density at radius 3 is 2.39 bits per heavy atom. The van der Waals surface area contributed by atoms with Crippen LogP contribution in [0.2, 0.25) is 10.0 Å². The maximum absolute atomic E-state index is 13.1. The molecule has 0 atom stereocenters. The smallest absolute Gasteiger partial charge is 0.123 e. The van der Waals surface area contributed by atoms with Gasteiger partial charge in [-0.25, -0.2) is 9.37 Å². The van der Waals surface area contributed by atoms with Crippen molar-refractivity contribution in [3.8, 4) is 0 Å². The highest BCUT2D eigenvalue weighted by Gasteiger charge is 2.15. The molecular weight excluding hydrogens is 358 g/mol. The van der Waals surface area contributed by atoms with Gasteiger partial charge in [0.15, 0.2) is 0 Å². The van der Waals surface area contributed by atoms with E-state index in [1.54, 1.807) is 53.6 Å². The molecule has 23 heavy (non-hydrogen) atoms. The van der Waals surface area contributed by atoms with Crippen molar-refractivity contribution in [1.29, 1.82) is 0 Å². The fraction of sp³-hybridized carbons (Fsp3) is 0. The van der Waals surface area contributed by atoms with E-state index in [9.17, 15) is 4.39 Å². The molecule has 0 saturated carbocycles. The van der Waals surface area contributed by atoms with Gasteiger partial charge in [0.1, 0.15) is 5.82 Å². The topological polar surface area (TPSA) is 17.8 Å². The summed E-state index contributed by atoms with van der Waals surface area (Å²) in [7, 11) is 0. The van der Waals surface area contributed by atoms with Crippen molar-refractivity contribution in [2.75, 3.05) is 0 Å². The molecule has 2 aromatic carbocycles. The zero-order valence-electron chi connectivity index (χ0n) is 11.7. The van der Waals surface area contributed by atoms with Crippen LogP contribution in [0.3, 0.4) is 0 Å². The lowest BCUT2D eigenvalue weighted by Gasteiger charge is -2.14. The van der Waals surface area contributed by atoms with Crippen LogP contribution in [0.1, 0.15) is 11.1 Å². The van der Waals surface area contributed by atoms with Gasteiger partial charge >= 0.3 is 0 Å². The van der Waals surface area contributed by atoms with E-state index in [1.807, 2.05) is 0 Å². The first-order chi connectivity index (χ1) is 11.1. The van der Waals surface area contributed by atoms with Crippen molar-refractivity contribution in [3.05, 3.63) is 88.2 Å². The number of halogens is 4. The Morgan fingerprint density at radius 2 is 1.78 bits per heavy atom. The molecule has 0 radical (unpaired) electrons. The first-order valence-corrected chi connectivity index (χ1v) is 7.79. The SMILES string of the molecule is Fc1ccc(/C(Cl)=C(/c2ccc(Cl)cc2Cl)n2ccnc2)cc1. The van der Waals surface area contributed by atoms with Crippen LogP contribution < -0.4 is 0 Å². The van der Waals surface area contributed by atoms with Crippen LogP contribution >= 0.6 is 34.8 Å². The number of rotatable bonds is 3. The van der Waals surface area contributed by atoms with E-state index in [0.29, 0.717) is 31.9 Å². The minimum absolute atomic E-state index is 0.327. The van der Waals surface area contributed by atoms with E-state index < -0.39 is 0 Å². The van der Waals surface area contributed by atoms with Crippen molar-refractivity contribution in [2.45, 2.75) is 0 Å². The highest BCUT2D eigenvalue weighted by molar-refractivity contribution is 6.53. The maximum Gasteiger partial charge on any atom is 0.123 e. The largest absolute Gasteiger partial charge is 0.304 e. The molecular formula is C17H10Cl3FN2. The van der Waals surface area contributed by atoms with Crippen molar-refractivity contribution in [1.82, 2.24) is 9.55 Å². The van der Waals surface area contributed by atoms with Gasteiger partial charge in [-0.3, -0.25) is 0 Å². The minimum atomic E-state index is -0.327. The van der Waals surface area contributed by atoms with Crippen molar-refractivity contribution < 1.29 is 4.39 Å². The van der Waals surface area contributed by atoms with E-state index >= 15 is 0 Å². The third-order valence-corrected chi connectivity index (χ3v) is 4.20. The molecule has 116 valence electrons. The third kappa shape index (κ3) is 3.42. The van der Waals surface area contributed by atoms with Gasteiger partial charge in [-0.2, -0.15) is 0 Å². The van der Waals surface area contributed by atoms with Gasteiger partial charge in [-0.15, -0.1) is 0 Å². The van der Waals surface area contributed by atoms with Crippen molar-refractivity contribution >= 4 is 45.5 Å². The van der Waals surface area contributed by atoms with Crippen LogP contribution in [0.15, 0.2) is 61.2 Å². The van der Waals surface area contributed by atoms with Crippen LogP contribution in [-0.2, 0) is 0 Å². The van der Waals surface area contributed by atoms with Gasteiger partial charge in [-0.1, -0.05) is 46.9 Å². The summed E-state index contributed by atoms with van der Waals surface area (Å²) in [5.41, 5.74) is 2.00. The Kier molecular flexibility index (Phi) is 4.71. The molecule has 1 heterocycles. The number of hydrogen-bond acceptors (Lipinski definition) is 1. The molecule has 0 bridgehead atoms. The second-order valence-electron chi connectivity index (χ2n) is 4.76. The lowest BCUT2D eigenvalue weighted by molar-refractivity contribution is 0.627. The van der Waals surface area contributed by atoms with E-state index in [1.165, 1.54) is 12.1 Å². The molecule has 0 aliphatic rings. The van der Waals surface area contributed by atoms with Gasteiger partial charge in [0.05, 0.1) is 22.1 Å². The van der Waals surface area contributed by atoms with Crippen LogP contribution in [0.4, 0.5) is 4.39 Å². The van der Waals surface area contributed by atoms with E-state index in [2.05, 4.69) is 4.98 Å². The molecule has 0 amide bonds. The normalized spacial score (nSPS) is 12.2. The van der Waals surface area contributed by atoms with Crippen LogP contribution in [0.5, 0.6) is 0 Å². The number of hydrogen-bond donors (Lipinski definition) is 0. The highest BCUT2D eigenvalue weighted by Crippen LogP contribution is 2.35. The Bertz CT molecular complexity index is 856. The quantitative estimate of drug-likeness (QED) is 0.524. The Morgan fingerprint density at radius 1 is 1.04 bits per heavy atom. The highest BCUT2D eigenvalue weighted by atomic mass is 35.5. The fourth-order valence-electron chi connectivity index (χ4n) is 2.18. The molecule has 0 fully saturated rings. The molecule has 0 unspecified atom stereocenters. The number of benzene rings is 2. The van der Waals surface area contributed by atoms with Crippen molar-refractivity contribution in [3.63, 3.8) is 0 Å². The minimum Gasteiger partial charge on any atom is -0.304 e. The van der Waals surface area contributed by atoms with Crippen LogP contribution in [-0.4, -0.2) is 9.55 Å². The molecule has 1 aromatic heterocycles. The Balaban J connectivity index is 2.24. The molecule has 0 spiro atoms. The standard InChI is InChI=1S/C17H10Cl3FN2/c18-12-3-6-14(15(19)9-12)17(23-8-7-22-10-23)16(20)11-1-4-13(21)5-2-11/h1-10H/b17-16+. The molecule has 3 rings (SSSR count). The van der Waals surface area contributed by atoms with Gasteiger partial charge < -0.3 is 4.57 Å². The third-order valence-electron chi connectivity index (χ3n) is 3.25. The summed E-state index contributed by atoms with van der Waals surface area (Å²) in [4.78, 5) is 4.05. The fourth-order valence-corrected chi connectivity index (χ4v) is 3.00. The monoisotopic (exact) mass is 366 g/mol. The summed E-state index contributed by atoms with van der Waals surface area (Å²) in [6.45, 7) is 0. The number of aromatic nitrogens is 2. The maximum atomic E-state index is 13.1. The number of nitrogens with zero attached hydrogens (tertiary/aromatic N) is 2. The average Bonchev–Trinajstić information content (AvgIpc) is 3.04. The lowest BCUT2D eigenvalue weighted by Crippen LogP contribution is -2.00. The molecule has 0 saturated heterocycles. The summed E-state index contributed by atoms with van der Waals surface area (Å²) in [5.74, 6) is -0.327. The zero-order chi connectivity index (χ0) is 16.4. The molecule has 0 aliphatic heterocycles. The van der Waals surface area contributed by atoms with Crippen LogP contribution in [0, 0.1) is 5.82 Å². The van der Waals surface area contributed by atoms with E-state index in [0.717, 1.165) is 0 Å². The van der Waals surface area contributed by atoms with Gasteiger partial charge in [0.25, 0.3) is 0 Å². The van der Waals surface area contributed by atoms with E-state index in [-0.39, 0.29) is 5.82 Å². The van der Waals surface area contributed by atoms with Gasteiger partial charge in [0, 0.05) is 23.0 Å². The second-order valence-corrected chi connectivity index (χ2v) is 5.99. The van der Waals surface area contributed by atoms with Crippen molar-refractivity contribution in [2.24, 2.45) is 0 Å². The van der Waals surface area contributed by atoms with Gasteiger partial charge in [-0.05, 0) is 35.9 Å². The molecule has 0 aliphatic carbocycles. The predicted octanol–water partition coefficient (Wildman–Crippen LogP) is 5.94. The van der Waals surface area contributed by atoms with Crippen LogP contribution in [0.25, 0.3) is 10.7 Å². The second kappa shape index (κ2) is 6.75. The lowest BCUT2D eigenvalue weighted by atomic mass is 10.1. The molecule has 2 nitrogen and oxygen atoms in total. The Hall–Kier alpha value is -1.81. The Labute approximate surface area is 147 Å². The molecule has 6 heteroatoms. The summed E-state index contributed by atoms with van der Waals surface area (Å²) >= 11 is 18.9. The zero-order valence-corrected chi connectivity index (χ0v) is 13.9. The summed E-state index contributed by atoms with van der Waals surface area (Å²) < 4.78 is 14.9. The summed E-state index contributed by atoms with van der Waals surface area (Å²) in [6.07, 6.45) is 5.01. The summed E-state index contributed by atoms with van der Waals surface area (Å²) in [6, 6.07) is 11.1. The first-order valence-electron chi connectivity index (χ1n) is 6.66. The number of imidazole rings is 1. The predicted molar refractivity (Wildman–Crippen MR) is 93.2 cm³/mol. The molecule has 3 aromatic rings. The summed E-state index contributed by atoms with van der Waals surface area (Å²) in [5, 5.41) is 1.41. The van der Waals surface area contributed by atoms with Gasteiger partial charge in [0.2, 0.25) is 0 Å². The average molecular weight is 368 g/mol. The van der Waals surface area contributed by atoms with E-state index in [4.69, 9.17) is 34.8 Å².